The third-order valence-corrected chi connectivity index (χ3v) is 5.83. The quantitative estimate of drug-likeness (QED) is 0.692. The monoisotopic (exact) mass is 343 g/mol. The molecule has 22 heavy (non-hydrogen) atoms. The Balaban J connectivity index is 1.85. The summed E-state index contributed by atoms with van der Waals surface area (Å²) in [5, 5.41) is 0. The minimum absolute atomic E-state index is 0.0518. The number of sulfone groups is 1. The highest BCUT2D eigenvalue weighted by Crippen LogP contribution is 2.25. The molecule has 0 bridgehead atoms. The van der Waals surface area contributed by atoms with Crippen molar-refractivity contribution >= 4 is 15.9 Å². The summed E-state index contributed by atoms with van der Waals surface area (Å²) in [7, 11) is -3.06. The van der Waals surface area contributed by atoms with Crippen molar-refractivity contribution in [3.8, 4) is 0 Å². The summed E-state index contributed by atoms with van der Waals surface area (Å²) in [6.45, 7) is 2.20. The zero-order chi connectivity index (χ0) is 16.5. The van der Waals surface area contributed by atoms with E-state index in [4.69, 9.17) is 0 Å². The fraction of sp³-hybridized carbons (Fsp3) is 0.917. The van der Waals surface area contributed by atoms with Crippen LogP contribution in [0.4, 0.5) is 18.0 Å². The van der Waals surface area contributed by atoms with Gasteiger partial charge in [0.15, 0.2) is 9.84 Å². The van der Waals surface area contributed by atoms with Gasteiger partial charge in [0.1, 0.15) is 6.04 Å². The molecule has 0 spiro atoms. The van der Waals surface area contributed by atoms with Crippen molar-refractivity contribution in [3.05, 3.63) is 0 Å². The Morgan fingerprint density at radius 2 is 1.41 bits per heavy atom. The number of halogens is 3. The lowest BCUT2D eigenvalue weighted by Crippen LogP contribution is -2.58. The highest BCUT2D eigenvalue weighted by Gasteiger charge is 2.41. The normalized spacial score (nSPS) is 25.1. The van der Waals surface area contributed by atoms with E-state index in [1.807, 2.05) is 0 Å². The molecule has 128 valence electrons. The van der Waals surface area contributed by atoms with E-state index in [0.29, 0.717) is 0 Å². The number of nitrogens with zero attached hydrogens (tertiary/aromatic N) is 3. The number of alkyl halides is 3. The Morgan fingerprint density at radius 3 is 1.86 bits per heavy atom. The molecule has 1 unspecified atom stereocenters. The van der Waals surface area contributed by atoms with Crippen LogP contribution in [-0.2, 0) is 9.84 Å². The molecule has 0 aliphatic carbocycles. The van der Waals surface area contributed by atoms with E-state index in [0.717, 1.165) is 6.92 Å². The molecule has 0 aromatic heterocycles. The number of rotatable bonds is 1. The van der Waals surface area contributed by atoms with Gasteiger partial charge in [-0.25, -0.2) is 13.2 Å². The van der Waals surface area contributed by atoms with Gasteiger partial charge in [0.2, 0.25) is 0 Å². The van der Waals surface area contributed by atoms with Crippen molar-refractivity contribution in [2.24, 2.45) is 0 Å². The van der Waals surface area contributed by atoms with E-state index in [-0.39, 0.29) is 56.8 Å². The highest BCUT2D eigenvalue weighted by molar-refractivity contribution is 7.91. The van der Waals surface area contributed by atoms with Crippen LogP contribution in [0, 0.1) is 0 Å². The van der Waals surface area contributed by atoms with Crippen molar-refractivity contribution in [1.29, 1.82) is 0 Å². The van der Waals surface area contributed by atoms with Gasteiger partial charge in [-0.3, -0.25) is 4.90 Å². The van der Waals surface area contributed by atoms with Gasteiger partial charge in [-0.2, -0.15) is 13.2 Å². The van der Waals surface area contributed by atoms with Gasteiger partial charge in [-0.05, 0) is 6.92 Å². The van der Waals surface area contributed by atoms with Crippen molar-refractivity contribution in [3.63, 3.8) is 0 Å². The SMILES string of the molecule is CC(N1CCN(C(=O)N2CCS(=O)(=O)CC2)CC1)C(F)(F)F. The van der Waals surface area contributed by atoms with Crippen LogP contribution >= 0.6 is 0 Å². The average Bonchev–Trinajstić information content (AvgIpc) is 2.45. The summed E-state index contributed by atoms with van der Waals surface area (Å²) in [6.07, 6.45) is -4.27. The first kappa shape index (κ1) is 17.3. The Hall–Kier alpha value is -1.03. The topological polar surface area (TPSA) is 60.9 Å². The van der Waals surface area contributed by atoms with Crippen molar-refractivity contribution < 1.29 is 26.4 Å². The Labute approximate surface area is 127 Å². The predicted octanol–water partition coefficient (Wildman–Crippen LogP) is 0.405. The number of amides is 2. The molecule has 0 radical (unpaired) electrons. The minimum atomic E-state index is -4.27. The summed E-state index contributed by atoms with van der Waals surface area (Å²) in [6, 6.07) is -1.81. The van der Waals surface area contributed by atoms with Crippen LogP contribution in [-0.4, -0.2) is 92.1 Å². The first-order chi connectivity index (χ1) is 10.1. The van der Waals surface area contributed by atoms with Gasteiger partial charge >= 0.3 is 12.2 Å². The molecule has 6 nitrogen and oxygen atoms in total. The summed E-state index contributed by atoms with van der Waals surface area (Å²) in [5.74, 6) is -0.104. The van der Waals surface area contributed by atoms with Gasteiger partial charge in [0.25, 0.3) is 0 Å². The summed E-state index contributed by atoms with van der Waals surface area (Å²) >= 11 is 0. The maximum absolute atomic E-state index is 12.7. The van der Waals surface area contributed by atoms with Gasteiger partial charge in [0, 0.05) is 39.3 Å². The largest absolute Gasteiger partial charge is 0.403 e. The average molecular weight is 343 g/mol. The third-order valence-electron chi connectivity index (χ3n) is 4.22. The predicted molar refractivity (Wildman–Crippen MR) is 74.3 cm³/mol. The molecule has 0 aromatic rings. The molecular formula is C12H20F3N3O3S. The van der Waals surface area contributed by atoms with Crippen LogP contribution in [0.2, 0.25) is 0 Å². The van der Waals surface area contributed by atoms with E-state index in [1.165, 1.54) is 14.7 Å². The van der Waals surface area contributed by atoms with Crippen molar-refractivity contribution in [2.75, 3.05) is 50.8 Å². The van der Waals surface area contributed by atoms with E-state index < -0.39 is 22.1 Å². The number of hydrogen-bond donors (Lipinski definition) is 0. The smallest absolute Gasteiger partial charge is 0.323 e. The van der Waals surface area contributed by atoms with E-state index in [9.17, 15) is 26.4 Å². The number of urea groups is 1. The molecule has 10 heteroatoms. The van der Waals surface area contributed by atoms with Gasteiger partial charge in [-0.15, -0.1) is 0 Å². The number of piperazine rings is 1. The highest BCUT2D eigenvalue weighted by atomic mass is 32.2. The number of carbonyl (C=O) groups is 1. The molecular weight excluding hydrogens is 323 g/mol. The lowest BCUT2D eigenvalue weighted by atomic mass is 10.2. The van der Waals surface area contributed by atoms with Crippen LogP contribution < -0.4 is 0 Å². The van der Waals surface area contributed by atoms with Gasteiger partial charge < -0.3 is 9.80 Å². The summed E-state index contributed by atoms with van der Waals surface area (Å²) < 4.78 is 60.7. The second-order valence-corrected chi connectivity index (χ2v) is 7.97. The van der Waals surface area contributed by atoms with Crippen LogP contribution in [0.25, 0.3) is 0 Å². The molecule has 0 N–H and O–H groups in total. The maximum Gasteiger partial charge on any atom is 0.403 e. The molecule has 2 saturated heterocycles. The van der Waals surface area contributed by atoms with Crippen LogP contribution in [0.3, 0.4) is 0 Å². The lowest BCUT2D eigenvalue weighted by molar-refractivity contribution is -0.181. The first-order valence-corrected chi connectivity index (χ1v) is 8.97. The molecule has 2 aliphatic rings. The molecule has 2 aliphatic heterocycles. The standard InChI is InChI=1S/C12H20F3N3O3S/c1-10(12(13,14)15)16-2-4-17(5-3-16)11(19)18-6-8-22(20,21)9-7-18/h10H,2-9H2,1H3. The van der Waals surface area contributed by atoms with E-state index >= 15 is 0 Å². The molecule has 0 saturated carbocycles. The Morgan fingerprint density at radius 1 is 0.955 bits per heavy atom. The molecule has 0 aromatic carbocycles. The summed E-state index contributed by atoms with van der Waals surface area (Å²) in [5.41, 5.74) is 0. The van der Waals surface area contributed by atoms with Crippen molar-refractivity contribution in [2.45, 2.75) is 19.1 Å². The fourth-order valence-corrected chi connectivity index (χ4v) is 3.81. The zero-order valence-corrected chi connectivity index (χ0v) is 13.2. The number of hydrogen-bond acceptors (Lipinski definition) is 4. The van der Waals surface area contributed by atoms with E-state index in [2.05, 4.69) is 0 Å². The Bertz CT molecular complexity index is 501. The number of carbonyl (C=O) groups excluding carboxylic acids is 1. The second kappa shape index (κ2) is 6.23. The van der Waals surface area contributed by atoms with Gasteiger partial charge in [0.05, 0.1) is 11.5 Å². The van der Waals surface area contributed by atoms with Crippen LogP contribution in [0.1, 0.15) is 6.92 Å². The lowest BCUT2D eigenvalue weighted by Gasteiger charge is -2.40. The minimum Gasteiger partial charge on any atom is -0.323 e. The molecule has 1 atom stereocenters. The maximum atomic E-state index is 12.7. The first-order valence-electron chi connectivity index (χ1n) is 7.15. The van der Waals surface area contributed by atoms with E-state index in [1.54, 1.807) is 0 Å². The van der Waals surface area contributed by atoms with Crippen LogP contribution in [0.15, 0.2) is 0 Å². The third kappa shape index (κ3) is 4.03. The zero-order valence-electron chi connectivity index (χ0n) is 12.3. The molecule has 2 rings (SSSR count). The molecule has 2 fully saturated rings. The molecule has 2 amide bonds. The second-order valence-electron chi connectivity index (χ2n) is 5.66. The van der Waals surface area contributed by atoms with Crippen molar-refractivity contribution in [1.82, 2.24) is 14.7 Å². The van der Waals surface area contributed by atoms with Gasteiger partial charge in [-0.1, -0.05) is 0 Å². The Kier molecular flexibility index (Phi) is 4.90. The summed E-state index contributed by atoms with van der Waals surface area (Å²) in [4.78, 5) is 16.5. The molecule has 2 heterocycles. The van der Waals surface area contributed by atoms with Crippen LogP contribution in [0.5, 0.6) is 0 Å². The fourth-order valence-electron chi connectivity index (χ4n) is 2.61.